The molecule has 5 aromatic rings. The van der Waals surface area contributed by atoms with Crippen molar-refractivity contribution in [3.63, 3.8) is 0 Å². The molecule has 4 amide bonds. The van der Waals surface area contributed by atoms with Gasteiger partial charge >= 0.3 is 0 Å². The maximum Gasteiger partial charge on any atom is 0.261 e. The fourth-order valence-electron chi connectivity index (χ4n) is 5.97. The van der Waals surface area contributed by atoms with Gasteiger partial charge < -0.3 is 0 Å². The van der Waals surface area contributed by atoms with Crippen LogP contribution in [0.2, 0.25) is 0 Å². The zero-order valence-electron chi connectivity index (χ0n) is 18.9. The van der Waals surface area contributed by atoms with Gasteiger partial charge in [-0.3, -0.25) is 29.0 Å². The number of hydrogen-bond donors (Lipinski definition) is 2. The summed E-state index contributed by atoms with van der Waals surface area (Å²) in [5.74, 6) is -0.503. The van der Waals surface area contributed by atoms with Crippen LogP contribution in [0.4, 0.5) is 0 Å². The van der Waals surface area contributed by atoms with Crippen molar-refractivity contribution in [2.24, 2.45) is 0 Å². The van der Waals surface area contributed by atoms with Crippen LogP contribution >= 0.6 is 25.3 Å². The molecule has 0 N–H and O–H groups in total. The van der Waals surface area contributed by atoms with Crippen LogP contribution in [0.25, 0.3) is 43.1 Å². The normalized spacial score (nSPS) is 15.5. The van der Waals surface area contributed by atoms with Crippen molar-refractivity contribution in [1.82, 2.24) is 9.80 Å². The van der Waals surface area contributed by atoms with Crippen molar-refractivity contribution in [1.29, 1.82) is 0 Å². The summed E-state index contributed by atoms with van der Waals surface area (Å²) in [4.78, 5) is 55.5. The average molecular weight is 511 g/mol. The third-order valence-electron chi connectivity index (χ3n) is 7.45. The maximum absolute atomic E-state index is 13.2. The second kappa shape index (κ2) is 7.44. The zero-order valence-corrected chi connectivity index (χ0v) is 20.7. The van der Waals surface area contributed by atoms with E-state index in [0.717, 1.165) is 32.3 Å². The Bertz CT molecular complexity index is 1610. The van der Waals surface area contributed by atoms with Gasteiger partial charge in [0.05, 0.1) is 0 Å². The number of thiol groups is 2. The molecule has 0 aliphatic carbocycles. The molecule has 36 heavy (non-hydrogen) atoms. The van der Waals surface area contributed by atoms with E-state index in [1.165, 1.54) is 9.80 Å². The fraction of sp³-hybridized carbons (Fsp3) is 0.143. The molecule has 0 fully saturated rings. The van der Waals surface area contributed by atoms with Crippen LogP contribution < -0.4 is 0 Å². The second-order valence-electron chi connectivity index (χ2n) is 9.11. The first-order chi connectivity index (χ1) is 17.5. The molecule has 176 valence electrons. The molecule has 0 saturated carbocycles. The molecule has 0 aromatic heterocycles. The van der Waals surface area contributed by atoms with Crippen molar-refractivity contribution in [3.8, 4) is 0 Å². The minimum atomic E-state index is -0.318. The van der Waals surface area contributed by atoms with Crippen molar-refractivity contribution < 1.29 is 19.2 Å². The Morgan fingerprint density at radius 3 is 0.972 bits per heavy atom. The number of fused-ring (bicyclic) bond motifs is 2. The number of carbonyl (C=O) groups excluding carboxylic acids is 4. The number of carbonyl (C=O) groups is 4. The lowest BCUT2D eigenvalue weighted by Crippen LogP contribution is -2.41. The number of rotatable bonds is 4. The SMILES string of the molecule is O=C1c2ccc3c4ccc5c6c(ccc(c7ccc(c2c37)C(=O)N1CCS)c64)C(=O)N(CCS)C5=O. The van der Waals surface area contributed by atoms with Gasteiger partial charge in [-0.25, -0.2) is 0 Å². The topological polar surface area (TPSA) is 74.8 Å². The van der Waals surface area contributed by atoms with E-state index < -0.39 is 0 Å². The van der Waals surface area contributed by atoms with Crippen LogP contribution in [0, 0.1) is 0 Å². The van der Waals surface area contributed by atoms with Crippen molar-refractivity contribution in [3.05, 3.63) is 70.8 Å². The lowest BCUT2D eigenvalue weighted by molar-refractivity contribution is 0.0605. The van der Waals surface area contributed by atoms with Gasteiger partial charge in [-0.2, -0.15) is 25.3 Å². The predicted molar refractivity (Wildman–Crippen MR) is 146 cm³/mol. The summed E-state index contributed by atoms with van der Waals surface area (Å²) < 4.78 is 0. The van der Waals surface area contributed by atoms with Gasteiger partial charge in [0, 0.05) is 57.6 Å². The largest absolute Gasteiger partial charge is 0.274 e. The van der Waals surface area contributed by atoms with E-state index in [1.54, 1.807) is 24.3 Å². The van der Waals surface area contributed by atoms with E-state index in [4.69, 9.17) is 0 Å². The minimum absolute atomic E-state index is 0.241. The first-order valence-corrected chi connectivity index (χ1v) is 12.9. The number of nitrogens with zero attached hydrogens (tertiary/aromatic N) is 2. The van der Waals surface area contributed by atoms with Crippen molar-refractivity contribution >= 4 is 92.0 Å². The Hall–Kier alpha value is -3.62. The van der Waals surface area contributed by atoms with Gasteiger partial charge in [0.1, 0.15) is 0 Å². The summed E-state index contributed by atoms with van der Waals surface area (Å²) in [6.45, 7) is 0.483. The molecule has 0 atom stereocenters. The van der Waals surface area contributed by atoms with E-state index >= 15 is 0 Å². The van der Waals surface area contributed by atoms with Crippen molar-refractivity contribution in [2.45, 2.75) is 0 Å². The molecule has 0 bridgehead atoms. The summed E-state index contributed by atoms with van der Waals surface area (Å²) in [6, 6.07) is 14.7. The molecular formula is C28H18N2O4S2. The number of benzene rings is 5. The van der Waals surface area contributed by atoms with E-state index in [2.05, 4.69) is 25.3 Å². The monoisotopic (exact) mass is 510 g/mol. The third kappa shape index (κ3) is 2.50. The summed E-state index contributed by atoms with van der Waals surface area (Å²) >= 11 is 8.43. The zero-order chi connectivity index (χ0) is 24.9. The molecule has 2 aliphatic heterocycles. The first-order valence-electron chi connectivity index (χ1n) is 11.6. The average Bonchev–Trinajstić information content (AvgIpc) is 2.89. The van der Waals surface area contributed by atoms with E-state index in [-0.39, 0.29) is 36.7 Å². The lowest BCUT2D eigenvalue weighted by Gasteiger charge is -2.29. The standard InChI is InChI=1S/C28H18N2O4S2/c31-25-17-5-1-13-14-2-6-19-24-20(28(34)30(10-12-36)27(19)33)8-4-16(22(14)24)15-3-7-18(23(17)21(13)15)26(32)29(25)9-11-35/h1-8,35-36H,9-12H2. The van der Waals surface area contributed by atoms with Gasteiger partial charge in [-0.05, 0) is 56.6 Å². The van der Waals surface area contributed by atoms with Gasteiger partial charge in [0.15, 0.2) is 0 Å². The van der Waals surface area contributed by atoms with Crippen LogP contribution in [0.3, 0.4) is 0 Å². The van der Waals surface area contributed by atoms with Crippen LogP contribution in [0.1, 0.15) is 41.4 Å². The highest BCUT2D eigenvalue weighted by atomic mass is 32.1. The smallest absolute Gasteiger partial charge is 0.261 e. The molecule has 5 aromatic carbocycles. The summed E-state index contributed by atoms with van der Waals surface area (Å²) in [6.07, 6.45) is 0. The third-order valence-corrected chi connectivity index (χ3v) is 7.85. The predicted octanol–water partition coefficient (Wildman–Crippen LogP) is 4.79. The second-order valence-corrected chi connectivity index (χ2v) is 10.0. The molecule has 6 nitrogen and oxygen atoms in total. The van der Waals surface area contributed by atoms with Gasteiger partial charge in [0.2, 0.25) is 0 Å². The molecule has 0 radical (unpaired) electrons. The van der Waals surface area contributed by atoms with Gasteiger partial charge in [0.25, 0.3) is 23.6 Å². The molecule has 2 aliphatic rings. The van der Waals surface area contributed by atoms with Crippen molar-refractivity contribution in [2.75, 3.05) is 24.6 Å². The quantitative estimate of drug-likeness (QED) is 0.158. The Kier molecular flexibility index (Phi) is 4.48. The van der Waals surface area contributed by atoms with Gasteiger partial charge in [-0.1, -0.05) is 24.3 Å². The number of hydrogen-bond acceptors (Lipinski definition) is 6. The highest BCUT2D eigenvalue weighted by Crippen LogP contribution is 2.46. The van der Waals surface area contributed by atoms with Crippen LogP contribution in [0.15, 0.2) is 48.5 Å². The Balaban J connectivity index is 1.63. The lowest BCUT2D eigenvalue weighted by atomic mass is 9.82. The molecule has 0 unspecified atom stereocenters. The molecule has 0 saturated heterocycles. The van der Waals surface area contributed by atoms with E-state index in [1.807, 2.05) is 24.3 Å². The summed E-state index contributed by atoms with van der Waals surface area (Å²) in [7, 11) is 0. The summed E-state index contributed by atoms with van der Waals surface area (Å²) in [5, 5.41) is 6.51. The fourth-order valence-corrected chi connectivity index (χ4v) is 6.37. The Morgan fingerprint density at radius 1 is 0.444 bits per heavy atom. The minimum Gasteiger partial charge on any atom is -0.274 e. The van der Waals surface area contributed by atoms with Crippen LogP contribution in [0.5, 0.6) is 0 Å². The van der Waals surface area contributed by atoms with E-state index in [0.29, 0.717) is 44.5 Å². The highest BCUT2D eigenvalue weighted by Gasteiger charge is 2.36. The number of amides is 4. The maximum atomic E-state index is 13.2. The molecule has 0 spiro atoms. The number of imide groups is 2. The first kappa shape index (κ1) is 21.6. The molecular weight excluding hydrogens is 492 g/mol. The highest BCUT2D eigenvalue weighted by molar-refractivity contribution is 7.80. The van der Waals surface area contributed by atoms with Crippen LogP contribution in [-0.4, -0.2) is 58.0 Å². The molecule has 8 heteroatoms. The summed E-state index contributed by atoms with van der Waals surface area (Å²) in [5.41, 5.74) is 1.98. The molecule has 2 heterocycles. The van der Waals surface area contributed by atoms with Crippen LogP contribution in [-0.2, 0) is 0 Å². The Labute approximate surface area is 216 Å². The molecule has 7 rings (SSSR count). The Morgan fingerprint density at radius 2 is 0.722 bits per heavy atom. The van der Waals surface area contributed by atoms with Gasteiger partial charge in [-0.15, -0.1) is 0 Å². The van der Waals surface area contributed by atoms with E-state index in [9.17, 15) is 19.2 Å².